The van der Waals surface area contributed by atoms with Crippen LogP contribution in [0.4, 0.5) is 5.00 Å². The van der Waals surface area contributed by atoms with Crippen molar-refractivity contribution in [3.05, 3.63) is 27.5 Å². The van der Waals surface area contributed by atoms with Crippen LogP contribution in [0.15, 0.2) is 21.4 Å². The fourth-order valence-corrected chi connectivity index (χ4v) is 3.86. The van der Waals surface area contributed by atoms with E-state index in [-0.39, 0.29) is 23.5 Å². The molecule has 3 heterocycles. The van der Waals surface area contributed by atoms with Gasteiger partial charge >= 0.3 is 5.69 Å². The summed E-state index contributed by atoms with van der Waals surface area (Å²) in [5.41, 5.74) is 0.131. The summed E-state index contributed by atoms with van der Waals surface area (Å²) in [5.74, 6) is -0.156. The Hall–Kier alpha value is -2.09. The second-order valence-electron chi connectivity index (χ2n) is 5.17. The Morgan fingerprint density at radius 2 is 2.54 bits per heavy atom. The number of rotatable bonds is 6. The molecule has 0 spiro atoms. The lowest BCUT2D eigenvalue weighted by Crippen LogP contribution is -2.25. The van der Waals surface area contributed by atoms with Crippen molar-refractivity contribution in [1.29, 1.82) is 5.26 Å². The van der Waals surface area contributed by atoms with Gasteiger partial charge in [0, 0.05) is 6.61 Å². The van der Waals surface area contributed by atoms with E-state index in [0.717, 1.165) is 12.8 Å². The lowest BCUT2D eigenvalue weighted by Gasteiger charge is -2.10. The van der Waals surface area contributed by atoms with Crippen LogP contribution in [0.5, 0.6) is 0 Å². The van der Waals surface area contributed by atoms with Gasteiger partial charge in [-0.05, 0) is 24.3 Å². The number of H-pyrrole nitrogens is 1. The van der Waals surface area contributed by atoms with Gasteiger partial charge in [-0.25, -0.2) is 9.89 Å². The molecule has 1 aliphatic rings. The number of carbonyl (C=O) groups excluding carboxylic acids is 1. The molecule has 0 bridgehead atoms. The lowest BCUT2D eigenvalue weighted by molar-refractivity contribution is -0.113. The first-order valence-corrected chi connectivity index (χ1v) is 9.21. The van der Waals surface area contributed by atoms with Crippen LogP contribution in [-0.2, 0) is 16.1 Å². The summed E-state index contributed by atoms with van der Waals surface area (Å²) in [6.45, 7) is 1.15. The van der Waals surface area contributed by atoms with E-state index in [9.17, 15) is 9.59 Å². The van der Waals surface area contributed by atoms with E-state index in [0.29, 0.717) is 28.9 Å². The zero-order valence-electron chi connectivity index (χ0n) is 12.7. The zero-order chi connectivity index (χ0) is 16.9. The van der Waals surface area contributed by atoms with E-state index in [1.165, 1.54) is 27.7 Å². The first-order valence-electron chi connectivity index (χ1n) is 7.34. The number of hydrogen-bond acceptors (Lipinski definition) is 7. The standard InChI is InChI=1S/C14H15N5O3S2/c15-6-9-3-5-23-12(9)16-11(20)8-24-14-18-17-13(21)19(14)7-10-2-1-4-22-10/h3,5,10H,1-2,4,7-8H2,(H,16,20)(H,17,21)/t10-/m1/s1. The third-order valence-corrected chi connectivity index (χ3v) is 5.31. The van der Waals surface area contributed by atoms with E-state index >= 15 is 0 Å². The highest BCUT2D eigenvalue weighted by molar-refractivity contribution is 7.99. The van der Waals surface area contributed by atoms with Crippen LogP contribution in [0.3, 0.4) is 0 Å². The summed E-state index contributed by atoms with van der Waals surface area (Å²) in [6, 6.07) is 3.67. The van der Waals surface area contributed by atoms with Gasteiger partial charge in [0.05, 0.1) is 24.0 Å². The van der Waals surface area contributed by atoms with Gasteiger partial charge in [0.15, 0.2) is 5.16 Å². The molecule has 0 radical (unpaired) electrons. The highest BCUT2D eigenvalue weighted by Crippen LogP contribution is 2.23. The highest BCUT2D eigenvalue weighted by Gasteiger charge is 2.20. The first-order chi connectivity index (χ1) is 11.7. The van der Waals surface area contributed by atoms with E-state index in [1.54, 1.807) is 11.4 Å². The molecule has 8 nitrogen and oxygen atoms in total. The molecule has 0 unspecified atom stereocenters. The number of aromatic amines is 1. The zero-order valence-corrected chi connectivity index (χ0v) is 14.3. The van der Waals surface area contributed by atoms with Crippen LogP contribution in [-0.4, -0.2) is 39.1 Å². The van der Waals surface area contributed by atoms with Gasteiger partial charge in [-0.15, -0.1) is 16.4 Å². The van der Waals surface area contributed by atoms with Crippen molar-refractivity contribution in [3.8, 4) is 6.07 Å². The van der Waals surface area contributed by atoms with Crippen LogP contribution >= 0.6 is 23.1 Å². The summed E-state index contributed by atoms with van der Waals surface area (Å²) < 4.78 is 7.04. The summed E-state index contributed by atoms with van der Waals surface area (Å²) in [7, 11) is 0. The van der Waals surface area contributed by atoms with Gasteiger partial charge < -0.3 is 10.1 Å². The maximum absolute atomic E-state index is 12.0. The Labute approximate surface area is 145 Å². The number of thiophene rings is 1. The van der Waals surface area contributed by atoms with Crippen molar-refractivity contribution in [1.82, 2.24) is 14.8 Å². The van der Waals surface area contributed by atoms with Crippen molar-refractivity contribution >= 4 is 34.0 Å². The molecular weight excluding hydrogens is 350 g/mol. The van der Waals surface area contributed by atoms with Crippen molar-refractivity contribution in [2.75, 3.05) is 17.7 Å². The predicted octanol–water partition coefficient (Wildman–Crippen LogP) is 1.41. The molecule has 10 heteroatoms. The third-order valence-electron chi connectivity index (χ3n) is 3.50. The molecule has 0 aromatic carbocycles. The number of nitrogens with one attached hydrogen (secondary N) is 2. The summed E-state index contributed by atoms with van der Waals surface area (Å²) in [6.07, 6.45) is 1.92. The van der Waals surface area contributed by atoms with Crippen LogP contribution in [0.25, 0.3) is 0 Å². The summed E-state index contributed by atoms with van der Waals surface area (Å²) in [4.78, 5) is 23.9. The Morgan fingerprint density at radius 1 is 1.67 bits per heavy atom. The first kappa shape index (κ1) is 16.8. The van der Waals surface area contributed by atoms with Gasteiger partial charge in [0.1, 0.15) is 11.1 Å². The topological polar surface area (TPSA) is 113 Å². The van der Waals surface area contributed by atoms with Crippen LogP contribution < -0.4 is 11.0 Å². The minimum absolute atomic E-state index is 0.0118. The molecule has 0 aliphatic carbocycles. The van der Waals surface area contributed by atoms with E-state index in [2.05, 4.69) is 15.5 Å². The molecule has 3 rings (SSSR count). The molecule has 1 saturated heterocycles. The second kappa shape index (κ2) is 7.65. The maximum atomic E-state index is 12.0. The maximum Gasteiger partial charge on any atom is 0.344 e. The molecule has 24 heavy (non-hydrogen) atoms. The Morgan fingerprint density at radius 3 is 3.29 bits per heavy atom. The van der Waals surface area contributed by atoms with E-state index < -0.39 is 0 Å². The number of carbonyl (C=O) groups is 1. The van der Waals surface area contributed by atoms with Crippen molar-refractivity contribution in [2.24, 2.45) is 0 Å². The second-order valence-corrected chi connectivity index (χ2v) is 7.03. The molecule has 2 aromatic heterocycles. The average Bonchev–Trinajstić information content (AvgIpc) is 3.30. The molecule has 1 atom stereocenters. The largest absolute Gasteiger partial charge is 0.376 e. The van der Waals surface area contributed by atoms with Gasteiger partial charge in [-0.2, -0.15) is 5.26 Å². The van der Waals surface area contributed by atoms with Crippen molar-refractivity contribution < 1.29 is 9.53 Å². The number of ether oxygens (including phenoxy) is 1. The van der Waals surface area contributed by atoms with Crippen LogP contribution in [0.1, 0.15) is 18.4 Å². The Bertz CT molecular complexity index is 813. The highest BCUT2D eigenvalue weighted by atomic mass is 32.2. The van der Waals surface area contributed by atoms with Gasteiger partial charge in [0.2, 0.25) is 5.91 Å². The number of anilines is 1. The lowest BCUT2D eigenvalue weighted by atomic mass is 10.2. The quantitative estimate of drug-likeness (QED) is 0.749. The monoisotopic (exact) mass is 365 g/mol. The normalized spacial score (nSPS) is 16.9. The van der Waals surface area contributed by atoms with Gasteiger partial charge in [0.25, 0.3) is 0 Å². The Balaban J connectivity index is 1.59. The summed E-state index contributed by atoms with van der Waals surface area (Å²) in [5, 5.41) is 20.7. The van der Waals surface area contributed by atoms with Crippen LogP contribution in [0, 0.1) is 11.3 Å². The molecule has 1 aliphatic heterocycles. The fourth-order valence-electron chi connectivity index (χ4n) is 2.35. The minimum atomic E-state index is -0.307. The van der Waals surface area contributed by atoms with Gasteiger partial charge in [-0.1, -0.05) is 11.8 Å². The number of aromatic nitrogens is 3. The van der Waals surface area contributed by atoms with Crippen molar-refractivity contribution in [2.45, 2.75) is 30.6 Å². The average molecular weight is 365 g/mol. The predicted molar refractivity (Wildman–Crippen MR) is 90.2 cm³/mol. The van der Waals surface area contributed by atoms with Gasteiger partial charge in [-0.3, -0.25) is 9.36 Å². The van der Waals surface area contributed by atoms with Crippen molar-refractivity contribution in [3.63, 3.8) is 0 Å². The molecule has 0 saturated carbocycles. The summed E-state index contributed by atoms with van der Waals surface area (Å²) >= 11 is 2.46. The number of hydrogen-bond donors (Lipinski definition) is 2. The molecule has 2 aromatic rings. The number of nitrogens with zero attached hydrogens (tertiary/aromatic N) is 3. The smallest absolute Gasteiger partial charge is 0.344 e. The molecule has 1 fully saturated rings. The third kappa shape index (κ3) is 3.87. The molecule has 126 valence electrons. The number of amides is 1. The molecular formula is C14H15N5O3S2. The number of thioether (sulfide) groups is 1. The van der Waals surface area contributed by atoms with Crippen LogP contribution in [0.2, 0.25) is 0 Å². The minimum Gasteiger partial charge on any atom is -0.376 e. The molecule has 1 amide bonds. The fraction of sp³-hybridized carbons (Fsp3) is 0.429. The van der Waals surface area contributed by atoms with E-state index in [1.807, 2.05) is 6.07 Å². The number of nitriles is 1. The Kier molecular flexibility index (Phi) is 5.34. The SMILES string of the molecule is N#Cc1ccsc1NC(=O)CSc1n[nH]c(=O)n1C[C@H]1CCCO1. The van der Waals surface area contributed by atoms with E-state index in [4.69, 9.17) is 10.00 Å². The molecule has 2 N–H and O–H groups in total.